The van der Waals surface area contributed by atoms with E-state index in [1.807, 2.05) is 36.4 Å². The first kappa shape index (κ1) is 28.1. The van der Waals surface area contributed by atoms with E-state index in [2.05, 4.69) is 43.0 Å². The predicted octanol–water partition coefficient (Wildman–Crippen LogP) is 6.36. The fraction of sp³-hybridized carbons (Fsp3) is 0.483. The van der Waals surface area contributed by atoms with Crippen molar-refractivity contribution in [3.05, 3.63) is 47.2 Å². The maximum Gasteiger partial charge on any atom is 0.320 e. The minimum absolute atomic E-state index is 0.119. The highest BCUT2D eigenvalue weighted by atomic mass is 79.9. The zero-order valence-corrected chi connectivity index (χ0v) is 23.8. The van der Waals surface area contributed by atoms with E-state index in [1.54, 1.807) is 13.4 Å². The average Bonchev–Trinajstić information content (AvgIpc) is 2.92. The van der Waals surface area contributed by atoms with Crippen LogP contribution in [0.4, 0.5) is 11.5 Å². The van der Waals surface area contributed by atoms with E-state index in [1.165, 1.54) is 12.8 Å². The Morgan fingerprint density at radius 2 is 1.95 bits per heavy atom. The van der Waals surface area contributed by atoms with Gasteiger partial charge in [-0.1, -0.05) is 48.2 Å². The second kappa shape index (κ2) is 14.3. The molecule has 38 heavy (non-hydrogen) atoms. The number of carbonyl (C=O) groups is 1. The number of methoxy groups -OCH3 is 1. The first-order valence-electron chi connectivity index (χ1n) is 13.4. The minimum Gasteiger partial charge on any atom is -0.493 e. The molecule has 0 spiro atoms. The average molecular weight is 586 g/mol. The fourth-order valence-electron chi connectivity index (χ4n) is 4.60. The Labute approximate surface area is 233 Å². The number of piperidine rings is 1. The van der Waals surface area contributed by atoms with Crippen LogP contribution in [0.25, 0.3) is 10.9 Å². The molecule has 4 rings (SSSR count). The van der Waals surface area contributed by atoms with Crippen molar-refractivity contribution in [2.75, 3.05) is 45.3 Å². The molecule has 0 saturated carbocycles. The van der Waals surface area contributed by atoms with Crippen LogP contribution in [-0.2, 0) is 9.53 Å². The van der Waals surface area contributed by atoms with Gasteiger partial charge in [0.05, 0.1) is 32.4 Å². The number of rotatable bonds is 13. The number of benzene rings is 2. The van der Waals surface area contributed by atoms with Crippen molar-refractivity contribution in [2.45, 2.75) is 45.4 Å². The van der Waals surface area contributed by atoms with Crippen molar-refractivity contribution < 1.29 is 19.0 Å². The van der Waals surface area contributed by atoms with E-state index in [0.29, 0.717) is 43.0 Å². The van der Waals surface area contributed by atoms with Gasteiger partial charge in [-0.05, 0) is 62.5 Å². The minimum atomic E-state index is -0.119. The van der Waals surface area contributed by atoms with Crippen LogP contribution in [0.5, 0.6) is 11.5 Å². The van der Waals surface area contributed by atoms with Gasteiger partial charge in [0.25, 0.3) is 0 Å². The van der Waals surface area contributed by atoms with E-state index in [4.69, 9.17) is 14.2 Å². The molecule has 3 aromatic rings. The zero-order chi connectivity index (χ0) is 26.7. The molecule has 2 aromatic carbocycles. The highest BCUT2D eigenvalue weighted by Gasteiger charge is 2.22. The molecular weight excluding hydrogens is 548 g/mol. The number of nitrogens with zero attached hydrogens (tertiary/aromatic N) is 3. The Kier molecular flexibility index (Phi) is 10.6. The quantitative estimate of drug-likeness (QED) is 0.183. The predicted molar refractivity (Wildman–Crippen MR) is 153 cm³/mol. The molecule has 1 aromatic heterocycles. The SMILES string of the molecule is CCCCCCOC(=O)CN1CCC(COc2cc3c(Nc4cccc(Br)c4)ncnc3cc2OC)CC1. The Morgan fingerprint density at radius 3 is 2.71 bits per heavy atom. The van der Waals surface area contributed by atoms with E-state index in [-0.39, 0.29) is 5.97 Å². The molecule has 0 amide bonds. The third-order valence-electron chi connectivity index (χ3n) is 6.80. The standard InChI is InChI=1S/C29H37BrN4O4/c1-3-4-5-6-14-37-28(35)18-34-12-10-21(11-13-34)19-38-27-16-24-25(17-26(27)36-2)31-20-32-29(24)33-23-9-7-8-22(30)15-23/h7-9,15-17,20-21H,3-6,10-14,18-19H2,1-2H3,(H,31,32,33). The number of likely N-dealkylation sites (tertiary alicyclic amines) is 1. The van der Waals surface area contributed by atoms with Gasteiger partial charge in [-0.2, -0.15) is 0 Å². The van der Waals surface area contributed by atoms with Gasteiger partial charge in [0, 0.05) is 21.6 Å². The van der Waals surface area contributed by atoms with Crippen LogP contribution < -0.4 is 14.8 Å². The smallest absolute Gasteiger partial charge is 0.320 e. The van der Waals surface area contributed by atoms with E-state index < -0.39 is 0 Å². The summed E-state index contributed by atoms with van der Waals surface area (Å²) in [5.74, 6) is 2.30. The van der Waals surface area contributed by atoms with Gasteiger partial charge in [-0.15, -0.1) is 0 Å². The lowest BCUT2D eigenvalue weighted by Gasteiger charge is -2.31. The van der Waals surface area contributed by atoms with Crippen molar-refractivity contribution in [1.29, 1.82) is 0 Å². The van der Waals surface area contributed by atoms with Crippen molar-refractivity contribution in [2.24, 2.45) is 5.92 Å². The Morgan fingerprint density at radius 1 is 1.11 bits per heavy atom. The van der Waals surface area contributed by atoms with Crippen LogP contribution in [0, 0.1) is 5.92 Å². The van der Waals surface area contributed by atoms with Crippen LogP contribution in [-0.4, -0.2) is 60.8 Å². The molecule has 204 valence electrons. The van der Waals surface area contributed by atoms with Crippen molar-refractivity contribution in [3.63, 3.8) is 0 Å². The van der Waals surface area contributed by atoms with Crippen molar-refractivity contribution in [1.82, 2.24) is 14.9 Å². The molecule has 9 heteroatoms. The van der Waals surface area contributed by atoms with Crippen LogP contribution in [0.3, 0.4) is 0 Å². The maximum atomic E-state index is 12.2. The first-order chi connectivity index (χ1) is 18.6. The Bertz CT molecular complexity index is 1200. The first-order valence-corrected chi connectivity index (χ1v) is 14.2. The summed E-state index contributed by atoms with van der Waals surface area (Å²) in [7, 11) is 1.64. The second-order valence-electron chi connectivity index (χ2n) is 9.69. The number of nitrogens with one attached hydrogen (secondary N) is 1. The van der Waals surface area contributed by atoms with Gasteiger partial charge in [-0.3, -0.25) is 9.69 Å². The summed E-state index contributed by atoms with van der Waals surface area (Å²) in [5, 5.41) is 4.23. The molecular formula is C29H37BrN4O4. The second-order valence-corrected chi connectivity index (χ2v) is 10.6. The molecule has 1 aliphatic rings. The van der Waals surface area contributed by atoms with E-state index in [0.717, 1.165) is 59.8 Å². The van der Waals surface area contributed by atoms with Crippen molar-refractivity contribution >= 4 is 44.3 Å². The molecule has 1 saturated heterocycles. The summed E-state index contributed by atoms with van der Waals surface area (Å²) >= 11 is 3.51. The van der Waals surface area contributed by atoms with Crippen LogP contribution in [0.2, 0.25) is 0 Å². The lowest BCUT2D eigenvalue weighted by atomic mass is 9.98. The number of carbonyl (C=O) groups excluding carboxylic acids is 1. The summed E-state index contributed by atoms with van der Waals surface area (Å²) in [5.41, 5.74) is 1.69. The summed E-state index contributed by atoms with van der Waals surface area (Å²) in [6, 6.07) is 11.8. The fourth-order valence-corrected chi connectivity index (χ4v) is 5.00. The number of aromatic nitrogens is 2. The summed E-state index contributed by atoms with van der Waals surface area (Å²) in [6.07, 6.45) is 7.92. The van der Waals surface area contributed by atoms with E-state index >= 15 is 0 Å². The molecule has 0 atom stereocenters. The monoisotopic (exact) mass is 584 g/mol. The largest absolute Gasteiger partial charge is 0.493 e. The number of ether oxygens (including phenoxy) is 3. The molecule has 0 bridgehead atoms. The number of fused-ring (bicyclic) bond motifs is 1. The molecule has 2 heterocycles. The number of hydrogen-bond acceptors (Lipinski definition) is 8. The molecule has 0 aliphatic carbocycles. The van der Waals surface area contributed by atoms with Gasteiger partial charge in [0.1, 0.15) is 12.1 Å². The third kappa shape index (κ3) is 8.04. The lowest BCUT2D eigenvalue weighted by Crippen LogP contribution is -2.39. The van der Waals surface area contributed by atoms with Gasteiger partial charge in [0.15, 0.2) is 11.5 Å². The molecule has 8 nitrogen and oxygen atoms in total. The summed E-state index contributed by atoms with van der Waals surface area (Å²) < 4.78 is 18.3. The third-order valence-corrected chi connectivity index (χ3v) is 7.30. The zero-order valence-electron chi connectivity index (χ0n) is 22.2. The van der Waals surface area contributed by atoms with Gasteiger partial charge >= 0.3 is 5.97 Å². The number of halogens is 1. The maximum absolute atomic E-state index is 12.2. The van der Waals surface area contributed by atoms with Gasteiger partial charge < -0.3 is 19.5 Å². The van der Waals surface area contributed by atoms with Crippen molar-refractivity contribution in [3.8, 4) is 11.5 Å². The van der Waals surface area contributed by atoms with Gasteiger partial charge in [-0.25, -0.2) is 9.97 Å². The van der Waals surface area contributed by atoms with Crippen LogP contribution in [0.15, 0.2) is 47.2 Å². The molecule has 1 aliphatic heterocycles. The van der Waals surface area contributed by atoms with Crippen LogP contribution in [0.1, 0.15) is 45.4 Å². The summed E-state index contributed by atoms with van der Waals surface area (Å²) in [4.78, 5) is 23.2. The number of unbranched alkanes of at least 4 members (excludes halogenated alkanes) is 3. The van der Waals surface area contributed by atoms with E-state index in [9.17, 15) is 4.79 Å². The highest BCUT2D eigenvalue weighted by molar-refractivity contribution is 9.10. The molecule has 1 fully saturated rings. The molecule has 0 unspecified atom stereocenters. The number of anilines is 2. The highest BCUT2D eigenvalue weighted by Crippen LogP contribution is 2.35. The van der Waals surface area contributed by atoms with Crippen LogP contribution >= 0.6 is 15.9 Å². The van der Waals surface area contributed by atoms with Gasteiger partial charge in [0.2, 0.25) is 0 Å². The Hall–Kier alpha value is -2.91. The lowest BCUT2D eigenvalue weighted by molar-refractivity contribution is -0.145. The number of hydrogen-bond donors (Lipinski definition) is 1. The normalized spacial score (nSPS) is 14.4. The molecule has 1 N–H and O–H groups in total. The summed E-state index contributed by atoms with van der Waals surface area (Å²) in [6.45, 7) is 5.38. The Balaban J connectivity index is 1.32. The molecule has 0 radical (unpaired) electrons. The topological polar surface area (TPSA) is 85.8 Å². The number of esters is 1.